The van der Waals surface area contributed by atoms with Gasteiger partial charge < -0.3 is 15.0 Å². The van der Waals surface area contributed by atoms with Crippen molar-refractivity contribution < 1.29 is 18.7 Å². The first-order chi connectivity index (χ1) is 15.0. The van der Waals surface area contributed by atoms with E-state index in [9.17, 15) is 14.0 Å². The molecule has 0 unspecified atom stereocenters. The molecule has 2 amide bonds. The lowest BCUT2D eigenvalue weighted by atomic mass is 10.0. The molecule has 7 heteroatoms. The number of amides is 2. The minimum absolute atomic E-state index is 0.0713. The monoisotopic (exact) mass is 421 g/mol. The molecule has 1 fully saturated rings. The zero-order valence-corrected chi connectivity index (χ0v) is 17.3. The summed E-state index contributed by atoms with van der Waals surface area (Å²) in [6.07, 6.45) is 0. The van der Waals surface area contributed by atoms with E-state index in [0.717, 1.165) is 10.8 Å². The molecule has 1 aliphatic rings. The molecule has 6 nitrogen and oxygen atoms in total. The van der Waals surface area contributed by atoms with Crippen molar-refractivity contribution in [2.24, 2.45) is 0 Å². The van der Waals surface area contributed by atoms with Crippen LogP contribution in [0, 0.1) is 5.82 Å². The Bertz CT molecular complexity index is 1090. The van der Waals surface area contributed by atoms with Crippen LogP contribution in [0.4, 0.5) is 10.1 Å². The fourth-order valence-electron chi connectivity index (χ4n) is 3.77. The summed E-state index contributed by atoms with van der Waals surface area (Å²) in [5, 5.41) is 4.77. The summed E-state index contributed by atoms with van der Waals surface area (Å²) in [5.74, 6) is -0.0211. The van der Waals surface area contributed by atoms with Gasteiger partial charge in [0.1, 0.15) is 11.6 Å². The highest BCUT2D eigenvalue weighted by Gasteiger charge is 2.25. The molecule has 4 rings (SSSR count). The highest BCUT2D eigenvalue weighted by molar-refractivity contribution is 6.01. The van der Waals surface area contributed by atoms with Crippen molar-refractivity contribution in [3.8, 4) is 5.75 Å². The van der Waals surface area contributed by atoms with Gasteiger partial charge in [0.2, 0.25) is 5.91 Å². The number of hydrogen-bond donors (Lipinski definition) is 1. The summed E-state index contributed by atoms with van der Waals surface area (Å²) < 4.78 is 18.5. The Balaban J connectivity index is 1.36. The standard InChI is InChI=1S/C24H24FN3O3/c1-31-22-15-18-5-3-2-4-17(18)14-21(22)24(30)28-12-10-27(11-13-28)16-23(29)26-20-8-6-19(25)7-9-20/h2-9,14-15H,10-13,16H2,1H3,(H,26,29). The molecule has 0 atom stereocenters. The Morgan fingerprint density at radius 1 is 0.968 bits per heavy atom. The van der Waals surface area contributed by atoms with Crippen molar-refractivity contribution in [1.82, 2.24) is 9.80 Å². The topological polar surface area (TPSA) is 61.9 Å². The lowest BCUT2D eigenvalue weighted by Gasteiger charge is -2.34. The molecule has 1 aliphatic heterocycles. The van der Waals surface area contributed by atoms with Gasteiger partial charge in [-0.3, -0.25) is 14.5 Å². The Labute approximate surface area is 180 Å². The predicted molar refractivity (Wildman–Crippen MR) is 118 cm³/mol. The average molecular weight is 421 g/mol. The number of carbonyl (C=O) groups excluding carboxylic acids is 2. The van der Waals surface area contributed by atoms with E-state index in [1.54, 1.807) is 12.0 Å². The van der Waals surface area contributed by atoms with Crippen molar-refractivity contribution in [3.05, 3.63) is 72.0 Å². The number of piperazine rings is 1. The van der Waals surface area contributed by atoms with Gasteiger partial charge in [-0.1, -0.05) is 24.3 Å². The van der Waals surface area contributed by atoms with Crippen LogP contribution in [0.1, 0.15) is 10.4 Å². The van der Waals surface area contributed by atoms with Crippen molar-refractivity contribution >= 4 is 28.3 Å². The maximum absolute atomic E-state index is 13.1. The molecule has 31 heavy (non-hydrogen) atoms. The molecule has 3 aromatic carbocycles. The molecule has 1 saturated heterocycles. The molecular formula is C24H24FN3O3. The number of fused-ring (bicyclic) bond motifs is 1. The molecule has 0 aromatic heterocycles. The van der Waals surface area contributed by atoms with Gasteiger partial charge in [0, 0.05) is 31.9 Å². The number of benzene rings is 3. The second-order valence-corrected chi connectivity index (χ2v) is 7.52. The van der Waals surface area contributed by atoms with Gasteiger partial charge in [-0.25, -0.2) is 4.39 Å². The van der Waals surface area contributed by atoms with Crippen LogP contribution >= 0.6 is 0 Å². The zero-order chi connectivity index (χ0) is 21.8. The first-order valence-electron chi connectivity index (χ1n) is 10.2. The maximum atomic E-state index is 13.1. The molecule has 0 spiro atoms. The van der Waals surface area contributed by atoms with Gasteiger partial charge in [0.25, 0.3) is 5.91 Å². The van der Waals surface area contributed by atoms with Gasteiger partial charge >= 0.3 is 0 Å². The van der Waals surface area contributed by atoms with Crippen LogP contribution in [0.3, 0.4) is 0 Å². The molecule has 0 radical (unpaired) electrons. The van der Waals surface area contributed by atoms with Crippen LogP contribution in [-0.4, -0.2) is 61.4 Å². The molecule has 160 valence electrons. The maximum Gasteiger partial charge on any atom is 0.257 e. The quantitative estimate of drug-likeness (QED) is 0.686. The van der Waals surface area contributed by atoms with Crippen LogP contribution in [-0.2, 0) is 4.79 Å². The molecular weight excluding hydrogens is 397 g/mol. The Morgan fingerprint density at radius 2 is 1.61 bits per heavy atom. The second kappa shape index (κ2) is 9.14. The van der Waals surface area contributed by atoms with E-state index in [1.165, 1.54) is 24.3 Å². The van der Waals surface area contributed by atoms with E-state index in [-0.39, 0.29) is 24.2 Å². The Hall–Kier alpha value is -3.45. The number of carbonyl (C=O) groups is 2. The van der Waals surface area contributed by atoms with Crippen LogP contribution in [0.15, 0.2) is 60.7 Å². The first-order valence-corrected chi connectivity index (χ1v) is 10.2. The number of methoxy groups -OCH3 is 1. The average Bonchev–Trinajstić information content (AvgIpc) is 2.79. The smallest absolute Gasteiger partial charge is 0.257 e. The normalized spacial score (nSPS) is 14.5. The fraction of sp³-hybridized carbons (Fsp3) is 0.250. The number of anilines is 1. The largest absolute Gasteiger partial charge is 0.496 e. The summed E-state index contributed by atoms with van der Waals surface area (Å²) in [6.45, 7) is 2.47. The van der Waals surface area contributed by atoms with Gasteiger partial charge in [-0.05, 0) is 47.2 Å². The van der Waals surface area contributed by atoms with Crippen LogP contribution in [0.25, 0.3) is 10.8 Å². The van der Waals surface area contributed by atoms with Gasteiger partial charge in [-0.2, -0.15) is 0 Å². The van der Waals surface area contributed by atoms with Gasteiger partial charge in [0.05, 0.1) is 19.2 Å². The van der Waals surface area contributed by atoms with Crippen molar-refractivity contribution in [3.63, 3.8) is 0 Å². The Kier molecular flexibility index (Phi) is 6.13. The van der Waals surface area contributed by atoms with E-state index < -0.39 is 0 Å². The third-order valence-electron chi connectivity index (χ3n) is 5.45. The number of halogens is 1. The van der Waals surface area contributed by atoms with Crippen molar-refractivity contribution in [1.29, 1.82) is 0 Å². The number of ether oxygens (including phenoxy) is 1. The summed E-state index contributed by atoms with van der Waals surface area (Å²) >= 11 is 0. The van der Waals surface area contributed by atoms with E-state index in [0.29, 0.717) is 43.2 Å². The number of rotatable bonds is 5. The highest BCUT2D eigenvalue weighted by atomic mass is 19.1. The third-order valence-corrected chi connectivity index (χ3v) is 5.45. The lowest BCUT2D eigenvalue weighted by molar-refractivity contribution is -0.117. The SMILES string of the molecule is COc1cc2ccccc2cc1C(=O)N1CCN(CC(=O)Nc2ccc(F)cc2)CC1. The van der Waals surface area contributed by atoms with Crippen molar-refractivity contribution in [2.75, 3.05) is 45.2 Å². The lowest BCUT2D eigenvalue weighted by Crippen LogP contribution is -2.50. The van der Waals surface area contributed by atoms with Crippen LogP contribution in [0.2, 0.25) is 0 Å². The molecule has 0 saturated carbocycles. The van der Waals surface area contributed by atoms with E-state index in [2.05, 4.69) is 5.32 Å². The summed E-state index contributed by atoms with van der Waals surface area (Å²) in [4.78, 5) is 29.2. The molecule has 1 N–H and O–H groups in total. The van der Waals surface area contributed by atoms with Crippen LogP contribution in [0.5, 0.6) is 5.75 Å². The number of nitrogens with one attached hydrogen (secondary N) is 1. The molecule has 0 aliphatic carbocycles. The summed E-state index contributed by atoms with van der Waals surface area (Å²) in [6, 6.07) is 17.3. The van der Waals surface area contributed by atoms with Crippen LogP contribution < -0.4 is 10.1 Å². The Morgan fingerprint density at radius 3 is 2.26 bits per heavy atom. The summed E-state index contributed by atoms with van der Waals surface area (Å²) in [7, 11) is 1.57. The van der Waals surface area contributed by atoms with E-state index in [1.807, 2.05) is 41.3 Å². The molecule has 0 bridgehead atoms. The highest BCUT2D eigenvalue weighted by Crippen LogP contribution is 2.27. The van der Waals surface area contributed by atoms with Gasteiger partial charge in [-0.15, -0.1) is 0 Å². The molecule has 3 aromatic rings. The first kappa shape index (κ1) is 20.8. The second-order valence-electron chi connectivity index (χ2n) is 7.52. The molecule has 1 heterocycles. The summed E-state index contributed by atoms with van der Waals surface area (Å²) in [5.41, 5.74) is 1.10. The minimum atomic E-state index is -0.346. The fourth-order valence-corrected chi connectivity index (χ4v) is 3.77. The van der Waals surface area contributed by atoms with Crippen molar-refractivity contribution in [2.45, 2.75) is 0 Å². The minimum Gasteiger partial charge on any atom is -0.496 e. The van der Waals surface area contributed by atoms with Gasteiger partial charge in [0.15, 0.2) is 0 Å². The number of hydrogen-bond acceptors (Lipinski definition) is 4. The number of nitrogens with zero attached hydrogens (tertiary/aromatic N) is 2. The van der Waals surface area contributed by atoms with E-state index in [4.69, 9.17) is 4.74 Å². The van der Waals surface area contributed by atoms with E-state index >= 15 is 0 Å². The predicted octanol–water partition coefficient (Wildman–Crippen LogP) is 3.38. The zero-order valence-electron chi connectivity index (χ0n) is 17.3. The third kappa shape index (κ3) is 4.83.